The van der Waals surface area contributed by atoms with Crippen molar-refractivity contribution in [3.63, 3.8) is 0 Å². The highest BCUT2D eigenvalue weighted by Crippen LogP contribution is 2.21. The van der Waals surface area contributed by atoms with Gasteiger partial charge in [-0.1, -0.05) is 0 Å². The molecule has 1 aromatic carbocycles. The molecule has 1 heterocycles. The van der Waals surface area contributed by atoms with Gasteiger partial charge in [0.1, 0.15) is 6.04 Å². The van der Waals surface area contributed by atoms with E-state index in [1.165, 1.54) is 36.3 Å². The number of β-amino-alcohol motifs (C(OH)–C–C–N with tert-alkyl or cyclic N) is 1. The number of likely N-dealkylation sites (tertiary alicyclic amines) is 1. The van der Waals surface area contributed by atoms with Crippen molar-refractivity contribution < 1.29 is 19.4 Å². The molecule has 1 unspecified atom stereocenters. The number of carbonyl (C=O) groups excluding carboxylic acids is 2. The third kappa shape index (κ3) is 2.63. The minimum absolute atomic E-state index is 0.0958. The van der Waals surface area contributed by atoms with Gasteiger partial charge >= 0.3 is 5.97 Å². The van der Waals surface area contributed by atoms with Gasteiger partial charge in [0.05, 0.1) is 24.8 Å². The molecule has 0 saturated carbocycles. The van der Waals surface area contributed by atoms with Crippen molar-refractivity contribution in [1.82, 2.24) is 4.90 Å². The highest BCUT2D eigenvalue weighted by molar-refractivity contribution is 5.97. The zero-order valence-corrected chi connectivity index (χ0v) is 10.9. The Labute approximate surface area is 116 Å². The topological polar surface area (TPSA) is 90.6 Å². The Balaban J connectivity index is 2.22. The smallest absolute Gasteiger partial charge is 0.328 e. The minimum atomic E-state index is -0.766. The van der Waals surface area contributed by atoms with Gasteiger partial charge in [0.15, 0.2) is 0 Å². The summed E-state index contributed by atoms with van der Waals surface area (Å²) in [6.45, 7) is 0.0958. The van der Waals surface area contributed by atoms with Gasteiger partial charge in [-0.15, -0.1) is 0 Å². The molecular formula is C14H14N2O4. The Hall–Kier alpha value is -2.39. The van der Waals surface area contributed by atoms with E-state index in [2.05, 4.69) is 4.74 Å². The van der Waals surface area contributed by atoms with Crippen LogP contribution in [0.1, 0.15) is 22.3 Å². The molecule has 1 aromatic rings. The summed E-state index contributed by atoms with van der Waals surface area (Å²) in [5.41, 5.74) is 0.819. The van der Waals surface area contributed by atoms with Crippen molar-refractivity contribution in [2.24, 2.45) is 0 Å². The Morgan fingerprint density at radius 1 is 1.40 bits per heavy atom. The number of rotatable bonds is 2. The normalized spacial score (nSPS) is 21.4. The van der Waals surface area contributed by atoms with Gasteiger partial charge in [-0.3, -0.25) is 4.79 Å². The molecule has 6 nitrogen and oxygen atoms in total. The van der Waals surface area contributed by atoms with Gasteiger partial charge in [0.25, 0.3) is 5.91 Å². The number of methoxy groups -OCH3 is 1. The Kier molecular flexibility index (Phi) is 4.01. The van der Waals surface area contributed by atoms with Crippen LogP contribution in [-0.2, 0) is 9.53 Å². The maximum Gasteiger partial charge on any atom is 0.328 e. The molecule has 2 atom stereocenters. The quantitative estimate of drug-likeness (QED) is 0.784. The molecular weight excluding hydrogens is 260 g/mol. The summed E-state index contributed by atoms with van der Waals surface area (Å²) in [4.78, 5) is 25.3. The minimum Gasteiger partial charge on any atom is -0.467 e. The first-order valence-electron chi connectivity index (χ1n) is 6.14. The van der Waals surface area contributed by atoms with Crippen molar-refractivity contribution in [3.8, 4) is 6.07 Å². The number of carbonyl (C=O) groups is 2. The highest BCUT2D eigenvalue weighted by Gasteiger charge is 2.39. The number of amides is 1. The van der Waals surface area contributed by atoms with E-state index in [1.54, 1.807) is 0 Å². The van der Waals surface area contributed by atoms with Gasteiger partial charge < -0.3 is 14.7 Å². The van der Waals surface area contributed by atoms with Crippen molar-refractivity contribution >= 4 is 11.9 Å². The molecule has 1 amide bonds. The molecule has 0 aromatic heterocycles. The lowest BCUT2D eigenvalue weighted by Crippen LogP contribution is -2.41. The number of nitrogens with zero attached hydrogens (tertiary/aromatic N) is 2. The van der Waals surface area contributed by atoms with E-state index in [-0.39, 0.29) is 18.9 Å². The van der Waals surface area contributed by atoms with E-state index in [9.17, 15) is 14.7 Å². The van der Waals surface area contributed by atoms with E-state index in [1.807, 2.05) is 6.07 Å². The van der Waals surface area contributed by atoms with Crippen molar-refractivity contribution in [1.29, 1.82) is 5.26 Å². The summed E-state index contributed by atoms with van der Waals surface area (Å²) < 4.78 is 4.65. The highest BCUT2D eigenvalue weighted by atomic mass is 16.5. The molecule has 1 aliphatic heterocycles. The lowest BCUT2D eigenvalue weighted by atomic mass is 10.1. The average Bonchev–Trinajstić information content (AvgIpc) is 2.87. The maximum absolute atomic E-state index is 12.3. The summed E-state index contributed by atoms with van der Waals surface area (Å²) in [6, 6.07) is 7.33. The molecule has 1 saturated heterocycles. The number of esters is 1. The Morgan fingerprint density at radius 3 is 2.60 bits per heavy atom. The van der Waals surface area contributed by atoms with E-state index in [4.69, 9.17) is 5.26 Å². The van der Waals surface area contributed by atoms with Gasteiger partial charge in [0, 0.05) is 18.5 Å². The van der Waals surface area contributed by atoms with Crippen LogP contribution in [-0.4, -0.2) is 47.7 Å². The van der Waals surface area contributed by atoms with E-state index >= 15 is 0 Å². The van der Waals surface area contributed by atoms with E-state index in [0.29, 0.717) is 11.1 Å². The Morgan fingerprint density at radius 2 is 2.05 bits per heavy atom. The predicted molar refractivity (Wildman–Crippen MR) is 68.6 cm³/mol. The third-order valence-electron chi connectivity index (χ3n) is 3.27. The number of ether oxygens (including phenoxy) is 1. The standard InChI is InChI=1S/C14H14N2O4/c1-20-14(19)12-6-11(17)8-16(12)13(18)10-4-2-9(7-15)3-5-10/h2-5,11-12,17H,6,8H2,1H3/t11?,12-/m0/s1. The van der Waals surface area contributed by atoms with Crippen LogP contribution in [0.3, 0.4) is 0 Å². The average molecular weight is 274 g/mol. The van der Waals surface area contributed by atoms with Gasteiger partial charge in [-0.05, 0) is 24.3 Å². The zero-order valence-electron chi connectivity index (χ0n) is 10.9. The number of aliphatic hydroxyl groups is 1. The second-order valence-electron chi connectivity index (χ2n) is 4.58. The summed E-state index contributed by atoms with van der Waals surface area (Å²) in [5.74, 6) is -0.898. The van der Waals surface area contributed by atoms with Crippen molar-refractivity contribution in [2.45, 2.75) is 18.6 Å². The number of benzene rings is 1. The number of nitriles is 1. The summed E-state index contributed by atoms with van der Waals surface area (Å²) in [7, 11) is 1.25. The second-order valence-corrected chi connectivity index (χ2v) is 4.58. The summed E-state index contributed by atoms with van der Waals surface area (Å²) >= 11 is 0. The molecule has 0 bridgehead atoms. The molecule has 0 aliphatic carbocycles. The number of hydrogen-bond donors (Lipinski definition) is 1. The fourth-order valence-corrected chi connectivity index (χ4v) is 2.25. The molecule has 2 rings (SSSR count). The number of aliphatic hydroxyl groups excluding tert-OH is 1. The first kappa shape index (κ1) is 14.0. The van der Waals surface area contributed by atoms with Crippen LogP contribution < -0.4 is 0 Å². The van der Waals surface area contributed by atoms with E-state index < -0.39 is 18.1 Å². The lowest BCUT2D eigenvalue weighted by molar-refractivity contribution is -0.145. The molecule has 104 valence electrons. The number of hydrogen-bond acceptors (Lipinski definition) is 5. The molecule has 6 heteroatoms. The Bertz CT molecular complexity index is 562. The lowest BCUT2D eigenvalue weighted by Gasteiger charge is -2.22. The van der Waals surface area contributed by atoms with Crippen LogP contribution in [0.25, 0.3) is 0 Å². The van der Waals surface area contributed by atoms with Gasteiger partial charge in [-0.25, -0.2) is 4.79 Å². The van der Waals surface area contributed by atoms with Crippen molar-refractivity contribution in [3.05, 3.63) is 35.4 Å². The first-order valence-corrected chi connectivity index (χ1v) is 6.14. The third-order valence-corrected chi connectivity index (χ3v) is 3.27. The molecule has 1 fully saturated rings. The predicted octanol–water partition coefficient (Wildman–Crippen LogP) is 0.307. The summed E-state index contributed by atoms with van der Waals surface area (Å²) in [6.07, 6.45) is -0.559. The van der Waals surface area contributed by atoms with Crippen LogP contribution in [0.5, 0.6) is 0 Å². The van der Waals surface area contributed by atoms with Crippen molar-refractivity contribution in [2.75, 3.05) is 13.7 Å². The van der Waals surface area contributed by atoms with Crippen LogP contribution in [0, 0.1) is 11.3 Å². The molecule has 0 spiro atoms. The SMILES string of the molecule is COC(=O)[C@@H]1CC(O)CN1C(=O)c1ccc(C#N)cc1. The first-order chi connectivity index (χ1) is 9.56. The maximum atomic E-state index is 12.3. The monoisotopic (exact) mass is 274 g/mol. The largest absolute Gasteiger partial charge is 0.467 e. The molecule has 1 N–H and O–H groups in total. The van der Waals surface area contributed by atoms with Crippen LogP contribution in [0.2, 0.25) is 0 Å². The molecule has 1 aliphatic rings. The molecule has 0 radical (unpaired) electrons. The van der Waals surface area contributed by atoms with Crippen LogP contribution in [0.4, 0.5) is 0 Å². The molecule has 20 heavy (non-hydrogen) atoms. The van der Waals surface area contributed by atoms with Crippen LogP contribution >= 0.6 is 0 Å². The summed E-state index contributed by atoms with van der Waals surface area (Å²) in [5, 5.41) is 18.4. The van der Waals surface area contributed by atoms with Gasteiger partial charge in [-0.2, -0.15) is 5.26 Å². The van der Waals surface area contributed by atoms with Crippen LogP contribution in [0.15, 0.2) is 24.3 Å². The second kappa shape index (κ2) is 5.72. The zero-order chi connectivity index (χ0) is 14.7. The fraction of sp³-hybridized carbons (Fsp3) is 0.357. The van der Waals surface area contributed by atoms with Gasteiger partial charge in [0.2, 0.25) is 0 Å². The fourth-order valence-electron chi connectivity index (χ4n) is 2.25. The van der Waals surface area contributed by atoms with E-state index in [0.717, 1.165) is 0 Å².